The van der Waals surface area contributed by atoms with E-state index in [1.807, 2.05) is 0 Å². The van der Waals surface area contributed by atoms with Gasteiger partial charge in [0.1, 0.15) is 0 Å². The summed E-state index contributed by atoms with van der Waals surface area (Å²) in [5.74, 6) is 0. The van der Waals surface area contributed by atoms with Gasteiger partial charge in [-0.1, -0.05) is 13.8 Å². The van der Waals surface area contributed by atoms with Crippen LogP contribution < -0.4 is 5.32 Å². The Kier molecular flexibility index (Phi) is 3.68. The molecule has 2 rings (SSSR count). The second-order valence-electron chi connectivity index (χ2n) is 5.98. The van der Waals surface area contributed by atoms with Crippen molar-refractivity contribution in [2.24, 2.45) is 5.41 Å². The van der Waals surface area contributed by atoms with Gasteiger partial charge in [-0.25, -0.2) is 0 Å². The molecular weight excluding hydrogens is 186 g/mol. The van der Waals surface area contributed by atoms with Crippen molar-refractivity contribution >= 4 is 0 Å². The van der Waals surface area contributed by atoms with Crippen molar-refractivity contribution in [3.05, 3.63) is 0 Å². The standard InChI is InChI=1S/C13H25NO/c1-13(2)7-5-11(6-8-13)14-10-12-4-3-9-15-12/h11-12,14H,3-10H2,1-2H3. The summed E-state index contributed by atoms with van der Waals surface area (Å²) in [5.41, 5.74) is 0.585. The van der Waals surface area contributed by atoms with Gasteiger partial charge in [0.05, 0.1) is 6.10 Å². The molecule has 2 fully saturated rings. The lowest BCUT2D eigenvalue weighted by Crippen LogP contribution is -2.39. The summed E-state index contributed by atoms with van der Waals surface area (Å²) in [6.45, 7) is 6.84. The zero-order valence-corrected chi connectivity index (χ0v) is 10.2. The van der Waals surface area contributed by atoms with Gasteiger partial charge in [0, 0.05) is 19.2 Å². The van der Waals surface area contributed by atoms with Crippen molar-refractivity contribution in [3.63, 3.8) is 0 Å². The Morgan fingerprint density at radius 1 is 1.20 bits per heavy atom. The van der Waals surface area contributed by atoms with Crippen molar-refractivity contribution in [2.45, 2.75) is 64.5 Å². The van der Waals surface area contributed by atoms with E-state index in [1.165, 1.54) is 38.5 Å². The highest BCUT2D eigenvalue weighted by molar-refractivity contribution is 4.83. The van der Waals surface area contributed by atoms with Gasteiger partial charge in [0.15, 0.2) is 0 Å². The van der Waals surface area contributed by atoms with E-state index in [-0.39, 0.29) is 0 Å². The lowest BCUT2D eigenvalue weighted by Gasteiger charge is -2.35. The maximum Gasteiger partial charge on any atom is 0.0700 e. The van der Waals surface area contributed by atoms with Gasteiger partial charge in [-0.05, 0) is 43.9 Å². The number of ether oxygens (including phenoxy) is 1. The van der Waals surface area contributed by atoms with Crippen LogP contribution >= 0.6 is 0 Å². The molecule has 0 radical (unpaired) electrons. The van der Waals surface area contributed by atoms with E-state index in [0.29, 0.717) is 11.5 Å². The second kappa shape index (κ2) is 4.84. The van der Waals surface area contributed by atoms with Crippen LogP contribution in [0, 0.1) is 5.41 Å². The van der Waals surface area contributed by atoms with E-state index in [9.17, 15) is 0 Å². The molecule has 1 atom stereocenters. The molecule has 1 heterocycles. The molecule has 88 valence electrons. The van der Waals surface area contributed by atoms with Crippen molar-refractivity contribution in [3.8, 4) is 0 Å². The van der Waals surface area contributed by atoms with Gasteiger partial charge in [0.2, 0.25) is 0 Å². The van der Waals surface area contributed by atoms with Crippen LogP contribution in [0.3, 0.4) is 0 Å². The average molecular weight is 211 g/mol. The molecule has 15 heavy (non-hydrogen) atoms. The maximum absolute atomic E-state index is 5.62. The largest absolute Gasteiger partial charge is 0.377 e. The van der Waals surface area contributed by atoms with E-state index in [1.54, 1.807) is 0 Å². The molecule has 0 aromatic rings. The van der Waals surface area contributed by atoms with E-state index >= 15 is 0 Å². The van der Waals surface area contributed by atoms with E-state index in [2.05, 4.69) is 19.2 Å². The first-order chi connectivity index (χ1) is 7.16. The molecule has 0 aromatic heterocycles. The number of hydrogen-bond acceptors (Lipinski definition) is 2. The maximum atomic E-state index is 5.62. The quantitative estimate of drug-likeness (QED) is 0.775. The topological polar surface area (TPSA) is 21.3 Å². The predicted octanol–water partition coefficient (Wildman–Crippen LogP) is 2.72. The molecule has 1 unspecified atom stereocenters. The van der Waals surface area contributed by atoms with Crippen LogP contribution in [0.2, 0.25) is 0 Å². The summed E-state index contributed by atoms with van der Waals surface area (Å²) in [6.07, 6.45) is 8.45. The van der Waals surface area contributed by atoms with Crippen LogP contribution in [-0.4, -0.2) is 25.3 Å². The zero-order chi connectivity index (χ0) is 10.7. The third kappa shape index (κ3) is 3.46. The number of rotatable bonds is 3. The number of hydrogen-bond donors (Lipinski definition) is 1. The molecule has 0 bridgehead atoms. The number of nitrogens with one attached hydrogen (secondary N) is 1. The Labute approximate surface area is 93.8 Å². The van der Waals surface area contributed by atoms with Crippen LogP contribution in [0.15, 0.2) is 0 Å². The van der Waals surface area contributed by atoms with Crippen LogP contribution in [-0.2, 0) is 4.74 Å². The molecule has 0 amide bonds. The highest BCUT2D eigenvalue weighted by Gasteiger charge is 2.27. The van der Waals surface area contributed by atoms with E-state index in [0.717, 1.165) is 19.2 Å². The van der Waals surface area contributed by atoms with E-state index < -0.39 is 0 Å². The molecule has 1 aliphatic carbocycles. The van der Waals surface area contributed by atoms with Gasteiger partial charge in [-0.3, -0.25) is 0 Å². The fourth-order valence-corrected chi connectivity index (χ4v) is 2.71. The average Bonchev–Trinajstić information content (AvgIpc) is 2.69. The molecule has 0 spiro atoms. The highest BCUT2D eigenvalue weighted by Crippen LogP contribution is 2.34. The third-order valence-electron chi connectivity index (χ3n) is 4.00. The Morgan fingerprint density at radius 3 is 2.53 bits per heavy atom. The first-order valence-electron chi connectivity index (χ1n) is 6.51. The van der Waals surface area contributed by atoms with Gasteiger partial charge in [-0.15, -0.1) is 0 Å². The molecule has 1 saturated heterocycles. The summed E-state index contributed by atoms with van der Waals surface area (Å²) in [7, 11) is 0. The molecule has 2 nitrogen and oxygen atoms in total. The van der Waals surface area contributed by atoms with Crippen LogP contribution in [0.4, 0.5) is 0 Å². The highest BCUT2D eigenvalue weighted by atomic mass is 16.5. The summed E-state index contributed by atoms with van der Waals surface area (Å²) in [5, 5.41) is 3.68. The lowest BCUT2D eigenvalue weighted by atomic mass is 9.75. The van der Waals surface area contributed by atoms with Crippen molar-refractivity contribution < 1.29 is 4.74 Å². The SMILES string of the molecule is CC1(C)CCC(NCC2CCCO2)CC1. The van der Waals surface area contributed by atoms with Gasteiger partial charge >= 0.3 is 0 Å². The first kappa shape index (κ1) is 11.4. The van der Waals surface area contributed by atoms with Crippen molar-refractivity contribution in [2.75, 3.05) is 13.2 Å². The normalized spacial score (nSPS) is 32.0. The molecular formula is C13H25NO. The minimum absolute atomic E-state index is 0.500. The smallest absolute Gasteiger partial charge is 0.0700 e. The minimum atomic E-state index is 0.500. The van der Waals surface area contributed by atoms with Crippen LogP contribution in [0.5, 0.6) is 0 Å². The van der Waals surface area contributed by atoms with Gasteiger partial charge < -0.3 is 10.1 Å². The summed E-state index contributed by atoms with van der Waals surface area (Å²) < 4.78 is 5.62. The molecule has 2 heteroatoms. The Morgan fingerprint density at radius 2 is 1.93 bits per heavy atom. The molecule has 2 aliphatic rings. The minimum Gasteiger partial charge on any atom is -0.377 e. The predicted molar refractivity (Wildman–Crippen MR) is 63.0 cm³/mol. The Bertz CT molecular complexity index is 187. The molecule has 1 saturated carbocycles. The first-order valence-corrected chi connectivity index (χ1v) is 6.51. The summed E-state index contributed by atoms with van der Waals surface area (Å²) >= 11 is 0. The Hall–Kier alpha value is -0.0800. The van der Waals surface area contributed by atoms with Crippen LogP contribution in [0.1, 0.15) is 52.4 Å². The Balaban J connectivity index is 1.64. The third-order valence-corrected chi connectivity index (χ3v) is 4.00. The molecule has 1 aliphatic heterocycles. The molecule has 1 N–H and O–H groups in total. The summed E-state index contributed by atoms with van der Waals surface area (Å²) in [6, 6.07) is 0.752. The lowest BCUT2D eigenvalue weighted by molar-refractivity contribution is 0.102. The fraction of sp³-hybridized carbons (Fsp3) is 1.00. The van der Waals surface area contributed by atoms with Crippen molar-refractivity contribution in [1.82, 2.24) is 5.32 Å². The zero-order valence-electron chi connectivity index (χ0n) is 10.2. The molecule has 0 aromatic carbocycles. The van der Waals surface area contributed by atoms with Crippen LogP contribution in [0.25, 0.3) is 0 Å². The fourth-order valence-electron chi connectivity index (χ4n) is 2.71. The van der Waals surface area contributed by atoms with Crippen molar-refractivity contribution in [1.29, 1.82) is 0 Å². The van der Waals surface area contributed by atoms with E-state index in [4.69, 9.17) is 4.74 Å². The van der Waals surface area contributed by atoms with Gasteiger partial charge in [-0.2, -0.15) is 0 Å². The summed E-state index contributed by atoms with van der Waals surface area (Å²) in [4.78, 5) is 0. The van der Waals surface area contributed by atoms with Gasteiger partial charge in [0.25, 0.3) is 0 Å². The monoisotopic (exact) mass is 211 g/mol. The second-order valence-corrected chi connectivity index (χ2v) is 5.98.